The Labute approximate surface area is 152 Å². The Balaban J connectivity index is 2.61. The normalized spacial score (nSPS) is 18.7. The van der Waals surface area contributed by atoms with Gasteiger partial charge in [-0.15, -0.1) is 0 Å². The topological polar surface area (TPSA) is 101 Å². The van der Waals surface area contributed by atoms with Gasteiger partial charge in [-0.05, 0) is 23.8 Å². The van der Waals surface area contributed by atoms with Crippen LogP contribution in [0.5, 0.6) is 0 Å². The van der Waals surface area contributed by atoms with E-state index in [1.54, 1.807) is 0 Å². The third-order valence-electron chi connectivity index (χ3n) is 3.96. The number of hydrogen-bond donors (Lipinski definition) is 1. The second kappa shape index (κ2) is 7.24. The molecule has 0 saturated carbocycles. The Morgan fingerprint density at radius 2 is 2.08 bits per heavy atom. The minimum Gasteiger partial charge on any atom is -0.390 e. The molecule has 0 spiro atoms. The van der Waals surface area contributed by atoms with E-state index >= 15 is 0 Å². The van der Waals surface area contributed by atoms with Crippen molar-refractivity contribution < 1.29 is 31.6 Å². The van der Waals surface area contributed by atoms with Crippen LogP contribution in [0.2, 0.25) is 0 Å². The number of sulfonamides is 1. The lowest BCUT2D eigenvalue weighted by molar-refractivity contribution is -0.388. The first-order chi connectivity index (χ1) is 11.9. The van der Waals surface area contributed by atoms with E-state index in [0.717, 1.165) is 16.6 Å². The molecule has 2 rings (SSSR count). The van der Waals surface area contributed by atoms with Crippen LogP contribution in [-0.2, 0) is 22.6 Å². The number of thioether (sulfide) groups is 1. The first-order valence-corrected chi connectivity index (χ1v) is 10.5. The highest BCUT2D eigenvalue weighted by atomic mass is 32.2. The maximum atomic E-state index is 13.2. The zero-order valence-electron chi connectivity index (χ0n) is 13.9. The minimum atomic E-state index is -5.02. The van der Waals surface area contributed by atoms with Crippen LogP contribution in [0.15, 0.2) is 12.1 Å². The summed E-state index contributed by atoms with van der Waals surface area (Å²) >= 11 is 1.35. The average molecular weight is 414 g/mol. The number of halogens is 3. The van der Waals surface area contributed by atoms with Gasteiger partial charge in [-0.3, -0.25) is 14.4 Å². The van der Waals surface area contributed by atoms with Crippen LogP contribution in [0.3, 0.4) is 0 Å². The highest BCUT2D eigenvalue weighted by molar-refractivity contribution is 7.99. The van der Waals surface area contributed by atoms with E-state index in [1.807, 2.05) is 6.92 Å². The van der Waals surface area contributed by atoms with E-state index in [2.05, 4.69) is 0 Å². The summed E-state index contributed by atoms with van der Waals surface area (Å²) in [5, 5.41) is 21.3. The van der Waals surface area contributed by atoms with Gasteiger partial charge in [-0.25, -0.2) is 8.42 Å². The van der Waals surface area contributed by atoms with Gasteiger partial charge >= 0.3 is 6.18 Å². The molecule has 2 unspecified atom stereocenters. The Hall–Kier alpha value is -1.53. The molecule has 1 N–H and O–H groups in total. The van der Waals surface area contributed by atoms with Gasteiger partial charge in [0, 0.05) is 11.8 Å². The zero-order chi connectivity index (χ0) is 19.9. The molecule has 1 aliphatic rings. The van der Waals surface area contributed by atoms with Gasteiger partial charge in [0.25, 0.3) is 5.69 Å². The number of nitro groups is 1. The van der Waals surface area contributed by atoms with E-state index < -0.39 is 44.5 Å². The van der Waals surface area contributed by atoms with Crippen molar-refractivity contribution in [3.05, 3.63) is 33.4 Å². The SMILES string of the molecule is CCSCC(O)C1Cc2cc([N+](=O)[O-])c(C(F)(F)F)cc2N1S(C)(=O)=O. The monoisotopic (exact) mass is 414 g/mol. The number of hydrogen-bond acceptors (Lipinski definition) is 6. The number of alkyl halides is 3. The molecule has 0 saturated heterocycles. The third kappa shape index (κ3) is 4.07. The van der Waals surface area contributed by atoms with E-state index in [4.69, 9.17) is 0 Å². The molecule has 0 bridgehead atoms. The Bertz CT molecular complexity index is 814. The van der Waals surface area contributed by atoms with Crippen molar-refractivity contribution in [1.29, 1.82) is 0 Å². The lowest BCUT2D eigenvalue weighted by Crippen LogP contribution is -2.45. The van der Waals surface area contributed by atoms with Gasteiger partial charge in [-0.2, -0.15) is 24.9 Å². The van der Waals surface area contributed by atoms with Crippen molar-refractivity contribution >= 4 is 33.2 Å². The lowest BCUT2D eigenvalue weighted by atomic mass is 10.0. The van der Waals surface area contributed by atoms with Gasteiger partial charge in [0.05, 0.1) is 29.0 Å². The number of rotatable bonds is 6. The standard InChI is InChI=1S/C14H17F3N2O5S2/c1-3-25-7-13(20)12-5-8-4-11(19(21)22)9(14(15,16)17)6-10(8)18(12)26(2,23)24/h4,6,12-13,20H,3,5,7H2,1-2H3. The third-order valence-corrected chi connectivity index (χ3v) is 6.13. The van der Waals surface area contributed by atoms with Crippen LogP contribution in [0.4, 0.5) is 24.5 Å². The van der Waals surface area contributed by atoms with Gasteiger partial charge in [0.1, 0.15) is 5.56 Å². The zero-order valence-corrected chi connectivity index (χ0v) is 15.5. The molecule has 1 heterocycles. The van der Waals surface area contributed by atoms with E-state index in [1.165, 1.54) is 11.8 Å². The molecular weight excluding hydrogens is 397 g/mol. The number of nitrogens with zero attached hydrogens (tertiary/aromatic N) is 2. The van der Waals surface area contributed by atoms with Crippen molar-refractivity contribution in [3.63, 3.8) is 0 Å². The molecule has 7 nitrogen and oxygen atoms in total. The molecule has 0 aliphatic carbocycles. The smallest absolute Gasteiger partial charge is 0.390 e. The largest absolute Gasteiger partial charge is 0.423 e. The first-order valence-electron chi connectivity index (χ1n) is 7.51. The molecule has 146 valence electrons. The number of benzene rings is 1. The fraction of sp³-hybridized carbons (Fsp3) is 0.571. The molecular formula is C14H17F3N2O5S2. The van der Waals surface area contributed by atoms with Gasteiger partial charge in [0.15, 0.2) is 0 Å². The second-order valence-electron chi connectivity index (χ2n) is 5.81. The van der Waals surface area contributed by atoms with E-state index in [0.29, 0.717) is 11.8 Å². The van der Waals surface area contributed by atoms with Crippen molar-refractivity contribution in [1.82, 2.24) is 0 Å². The van der Waals surface area contributed by atoms with Crippen LogP contribution >= 0.6 is 11.8 Å². The second-order valence-corrected chi connectivity index (χ2v) is 8.99. The molecule has 2 atom stereocenters. The summed E-state index contributed by atoms with van der Waals surface area (Å²) in [6.45, 7) is 1.84. The predicted octanol–water partition coefficient (Wildman–Crippen LogP) is 2.42. The lowest BCUT2D eigenvalue weighted by Gasteiger charge is -2.29. The van der Waals surface area contributed by atoms with Crippen molar-refractivity contribution in [2.45, 2.75) is 31.7 Å². The molecule has 1 aliphatic heterocycles. The summed E-state index contributed by atoms with van der Waals surface area (Å²) in [5.74, 6) is 0.856. The molecule has 0 radical (unpaired) electrons. The highest BCUT2D eigenvalue weighted by Crippen LogP contribution is 2.44. The average Bonchev–Trinajstić information content (AvgIpc) is 2.89. The summed E-state index contributed by atoms with van der Waals surface area (Å²) in [6, 6.07) is 0.214. The van der Waals surface area contributed by atoms with Crippen molar-refractivity contribution in [3.8, 4) is 0 Å². The van der Waals surface area contributed by atoms with Crippen LogP contribution in [0.1, 0.15) is 18.1 Å². The number of aliphatic hydroxyl groups is 1. The fourth-order valence-electron chi connectivity index (χ4n) is 2.92. The summed E-state index contributed by atoms with van der Waals surface area (Å²) < 4.78 is 64.6. The van der Waals surface area contributed by atoms with Gasteiger partial charge in [-0.1, -0.05) is 6.92 Å². The van der Waals surface area contributed by atoms with E-state index in [9.17, 15) is 36.8 Å². The molecule has 0 aromatic heterocycles. The first kappa shape index (κ1) is 20.8. The molecule has 26 heavy (non-hydrogen) atoms. The Morgan fingerprint density at radius 3 is 2.54 bits per heavy atom. The van der Waals surface area contributed by atoms with Crippen LogP contribution in [0.25, 0.3) is 0 Å². The van der Waals surface area contributed by atoms with Crippen LogP contribution in [0, 0.1) is 10.1 Å². The summed E-state index contributed by atoms with van der Waals surface area (Å²) in [4.78, 5) is 9.88. The van der Waals surface area contributed by atoms with Crippen molar-refractivity contribution in [2.24, 2.45) is 0 Å². The Kier molecular flexibility index (Phi) is 5.78. The summed E-state index contributed by atoms with van der Waals surface area (Å²) in [7, 11) is -4.00. The van der Waals surface area contributed by atoms with E-state index in [-0.39, 0.29) is 23.4 Å². The highest BCUT2D eigenvalue weighted by Gasteiger charge is 2.45. The Morgan fingerprint density at radius 1 is 1.46 bits per heavy atom. The minimum absolute atomic E-state index is 0.0840. The number of anilines is 1. The number of aliphatic hydroxyl groups excluding tert-OH is 1. The maximum Gasteiger partial charge on any atom is 0.423 e. The fourth-order valence-corrected chi connectivity index (χ4v) is 4.85. The maximum absolute atomic E-state index is 13.2. The van der Waals surface area contributed by atoms with Gasteiger partial charge < -0.3 is 5.11 Å². The van der Waals surface area contributed by atoms with Gasteiger partial charge in [0.2, 0.25) is 10.0 Å². The molecule has 0 fully saturated rings. The number of fused-ring (bicyclic) bond motifs is 1. The summed E-state index contributed by atoms with van der Waals surface area (Å²) in [6.07, 6.45) is -5.43. The predicted molar refractivity (Wildman–Crippen MR) is 91.9 cm³/mol. The molecule has 0 amide bonds. The quantitative estimate of drug-likeness (QED) is 0.567. The molecule has 12 heteroatoms. The molecule has 1 aromatic rings. The van der Waals surface area contributed by atoms with Crippen LogP contribution < -0.4 is 4.31 Å². The molecule has 1 aromatic carbocycles. The van der Waals surface area contributed by atoms with Crippen molar-refractivity contribution in [2.75, 3.05) is 22.1 Å². The van der Waals surface area contributed by atoms with Crippen LogP contribution in [-0.4, -0.2) is 48.4 Å². The summed E-state index contributed by atoms with van der Waals surface area (Å²) in [5.41, 5.74) is -2.85. The number of nitro benzene ring substituents is 1.